The summed E-state index contributed by atoms with van der Waals surface area (Å²) in [5, 5.41) is 10.5. The first-order valence-corrected chi connectivity index (χ1v) is 7.93. The van der Waals surface area contributed by atoms with Gasteiger partial charge in [-0.25, -0.2) is 0 Å². The lowest BCUT2D eigenvalue weighted by Gasteiger charge is -2.42. The number of aliphatic hydroxyl groups is 1. The molecule has 3 unspecified atom stereocenters. The van der Waals surface area contributed by atoms with Gasteiger partial charge < -0.3 is 14.9 Å². The van der Waals surface area contributed by atoms with Crippen molar-refractivity contribution in [2.45, 2.75) is 45.6 Å². The number of nitrogens with zero attached hydrogens (tertiary/aromatic N) is 2. The Morgan fingerprint density at radius 3 is 2.63 bits per heavy atom. The molecule has 2 fully saturated rings. The van der Waals surface area contributed by atoms with E-state index in [1.54, 1.807) is 0 Å². The lowest BCUT2D eigenvalue weighted by Crippen LogP contribution is -2.45. The van der Waals surface area contributed by atoms with Gasteiger partial charge in [0.05, 0.1) is 6.10 Å². The summed E-state index contributed by atoms with van der Waals surface area (Å²) in [5.41, 5.74) is 0.108. The third-order valence-electron chi connectivity index (χ3n) is 5.25. The molecule has 0 amide bonds. The van der Waals surface area contributed by atoms with Crippen LogP contribution in [0, 0.1) is 17.3 Å². The van der Waals surface area contributed by atoms with Crippen LogP contribution in [0.3, 0.4) is 0 Å². The summed E-state index contributed by atoms with van der Waals surface area (Å²) in [6, 6.07) is 0. The molecular weight excluding hydrogens is 236 g/mol. The fourth-order valence-corrected chi connectivity index (χ4v) is 4.05. The van der Waals surface area contributed by atoms with Gasteiger partial charge in [0.2, 0.25) is 0 Å². The molecule has 1 heterocycles. The van der Waals surface area contributed by atoms with Crippen molar-refractivity contribution in [3.8, 4) is 0 Å². The highest BCUT2D eigenvalue weighted by atomic mass is 16.3. The molecule has 0 aromatic heterocycles. The molecule has 0 aromatic rings. The Morgan fingerprint density at radius 1 is 1.26 bits per heavy atom. The molecule has 3 heteroatoms. The number of rotatable bonds is 4. The average Bonchev–Trinajstić information content (AvgIpc) is 2.70. The summed E-state index contributed by atoms with van der Waals surface area (Å²) in [4.78, 5) is 4.89. The monoisotopic (exact) mass is 268 g/mol. The maximum atomic E-state index is 10.5. The van der Waals surface area contributed by atoms with Crippen LogP contribution in [0.25, 0.3) is 0 Å². The molecule has 3 nitrogen and oxygen atoms in total. The molecule has 0 aromatic carbocycles. The zero-order valence-electron chi connectivity index (χ0n) is 13.2. The molecule has 1 aliphatic carbocycles. The van der Waals surface area contributed by atoms with Gasteiger partial charge in [0.25, 0.3) is 0 Å². The van der Waals surface area contributed by atoms with Gasteiger partial charge in [-0.05, 0) is 57.2 Å². The first-order chi connectivity index (χ1) is 8.88. The summed E-state index contributed by atoms with van der Waals surface area (Å²) in [6.07, 6.45) is 4.84. The highest BCUT2D eigenvalue weighted by Gasteiger charge is 2.38. The number of hydrogen-bond donors (Lipinski definition) is 1. The van der Waals surface area contributed by atoms with Crippen LogP contribution in [0.15, 0.2) is 0 Å². The Kier molecular flexibility index (Phi) is 4.91. The highest BCUT2D eigenvalue weighted by Crippen LogP contribution is 2.39. The van der Waals surface area contributed by atoms with Gasteiger partial charge in [0.1, 0.15) is 0 Å². The van der Waals surface area contributed by atoms with E-state index in [1.807, 2.05) is 0 Å². The van der Waals surface area contributed by atoms with E-state index >= 15 is 0 Å². The van der Waals surface area contributed by atoms with E-state index in [1.165, 1.54) is 45.3 Å². The molecule has 1 saturated heterocycles. The van der Waals surface area contributed by atoms with E-state index in [0.717, 1.165) is 12.5 Å². The van der Waals surface area contributed by atoms with Crippen LogP contribution in [0.2, 0.25) is 0 Å². The van der Waals surface area contributed by atoms with Crippen LogP contribution in [0.4, 0.5) is 0 Å². The maximum Gasteiger partial charge on any atom is 0.0631 e. The molecular formula is C16H32N2O. The lowest BCUT2D eigenvalue weighted by molar-refractivity contribution is -0.0417. The van der Waals surface area contributed by atoms with Gasteiger partial charge in [-0.15, -0.1) is 0 Å². The molecule has 3 atom stereocenters. The van der Waals surface area contributed by atoms with Gasteiger partial charge in [0, 0.05) is 19.6 Å². The Labute approximate surface area is 119 Å². The van der Waals surface area contributed by atoms with Crippen LogP contribution in [-0.4, -0.2) is 61.3 Å². The zero-order chi connectivity index (χ0) is 14.0. The normalized spacial score (nSPS) is 36.0. The van der Waals surface area contributed by atoms with Crippen molar-refractivity contribution >= 4 is 0 Å². The molecule has 2 rings (SSSR count). The van der Waals surface area contributed by atoms with E-state index in [9.17, 15) is 5.11 Å². The van der Waals surface area contributed by atoms with E-state index in [0.29, 0.717) is 5.92 Å². The smallest absolute Gasteiger partial charge is 0.0631 e. The van der Waals surface area contributed by atoms with Gasteiger partial charge in [-0.2, -0.15) is 0 Å². The maximum absolute atomic E-state index is 10.5. The largest absolute Gasteiger partial charge is 0.392 e. The van der Waals surface area contributed by atoms with Crippen LogP contribution < -0.4 is 0 Å². The van der Waals surface area contributed by atoms with Crippen molar-refractivity contribution in [2.75, 3.05) is 40.3 Å². The summed E-state index contributed by atoms with van der Waals surface area (Å²) in [5.74, 6) is 1.29. The second-order valence-corrected chi connectivity index (χ2v) is 7.72. The van der Waals surface area contributed by atoms with Crippen LogP contribution in [0.5, 0.6) is 0 Å². The first-order valence-electron chi connectivity index (χ1n) is 7.93. The second kappa shape index (κ2) is 6.11. The fraction of sp³-hybridized carbons (Fsp3) is 1.00. The molecule has 0 spiro atoms. The molecule has 112 valence electrons. The minimum absolute atomic E-state index is 0.108. The van der Waals surface area contributed by atoms with Crippen LogP contribution >= 0.6 is 0 Å². The minimum atomic E-state index is -0.130. The molecule has 0 radical (unpaired) electrons. The predicted octanol–water partition coefficient (Wildman–Crippen LogP) is 2.06. The lowest BCUT2D eigenvalue weighted by atomic mass is 9.69. The van der Waals surface area contributed by atoms with Crippen LogP contribution in [-0.2, 0) is 0 Å². The SMILES string of the molecule is CN1CCC(CN(C)CC2CCCC(C)(C)C2O)C1. The molecule has 1 N–H and O–H groups in total. The number of aliphatic hydroxyl groups excluding tert-OH is 1. The number of likely N-dealkylation sites (tertiary alicyclic amines) is 1. The van der Waals surface area contributed by atoms with Crippen molar-refractivity contribution in [3.05, 3.63) is 0 Å². The van der Waals surface area contributed by atoms with Gasteiger partial charge in [-0.1, -0.05) is 20.3 Å². The second-order valence-electron chi connectivity index (χ2n) is 7.72. The molecule has 2 aliphatic rings. The molecule has 1 aliphatic heterocycles. The molecule has 0 bridgehead atoms. The Bertz CT molecular complexity index is 292. The summed E-state index contributed by atoms with van der Waals surface area (Å²) < 4.78 is 0. The van der Waals surface area contributed by atoms with Gasteiger partial charge >= 0.3 is 0 Å². The Balaban J connectivity index is 1.79. The van der Waals surface area contributed by atoms with Gasteiger partial charge in [0.15, 0.2) is 0 Å². The van der Waals surface area contributed by atoms with Crippen molar-refractivity contribution in [3.63, 3.8) is 0 Å². The van der Waals surface area contributed by atoms with E-state index in [-0.39, 0.29) is 11.5 Å². The highest BCUT2D eigenvalue weighted by molar-refractivity contribution is 4.89. The minimum Gasteiger partial charge on any atom is -0.392 e. The van der Waals surface area contributed by atoms with Crippen molar-refractivity contribution in [1.29, 1.82) is 0 Å². The van der Waals surface area contributed by atoms with Crippen molar-refractivity contribution in [2.24, 2.45) is 17.3 Å². The quantitative estimate of drug-likeness (QED) is 0.845. The fourth-order valence-electron chi connectivity index (χ4n) is 4.05. The molecule has 1 saturated carbocycles. The third kappa shape index (κ3) is 3.93. The Morgan fingerprint density at radius 2 is 2.00 bits per heavy atom. The van der Waals surface area contributed by atoms with Crippen molar-refractivity contribution < 1.29 is 5.11 Å². The van der Waals surface area contributed by atoms with Crippen LogP contribution in [0.1, 0.15) is 39.5 Å². The molecule has 19 heavy (non-hydrogen) atoms. The Hall–Kier alpha value is -0.120. The van der Waals surface area contributed by atoms with E-state index in [2.05, 4.69) is 37.7 Å². The zero-order valence-corrected chi connectivity index (χ0v) is 13.2. The summed E-state index contributed by atoms with van der Waals surface area (Å²) in [7, 11) is 4.44. The average molecular weight is 268 g/mol. The predicted molar refractivity (Wildman–Crippen MR) is 80.2 cm³/mol. The standard InChI is InChI=1S/C16H32N2O/c1-16(2)8-5-6-14(15(16)19)12-18(4)11-13-7-9-17(3)10-13/h13-15,19H,5-12H2,1-4H3. The van der Waals surface area contributed by atoms with Gasteiger partial charge in [-0.3, -0.25) is 0 Å². The summed E-state index contributed by atoms with van der Waals surface area (Å²) >= 11 is 0. The summed E-state index contributed by atoms with van der Waals surface area (Å²) in [6.45, 7) is 9.17. The number of hydrogen-bond acceptors (Lipinski definition) is 3. The topological polar surface area (TPSA) is 26.7 Å². The third-order valence-corrected chi connectivity index (χ3v) is 5.25. The van der Waals surface area contributed by atoms with Crippen molar-refractivity contribution in [1.82, 2.24) is 9.80 Å². The first kappa shape index (κ1) is 15.3. The van der Waals surface area contributed by atoms with E-state index < -0.39 is 0 Å². The van der Waals surface area contributed by atoms with E-state index in [4.69, 9.17) is 0 Å².